The Morgan fingerprint density at radius 3 is 2.00 bits per heavy atom. The molecule has 4 nitrogen and oxygen atoms in total. The van der Waals surface area contributed by atoms with Gasteiger partial charge in [0.25, 0.3) is 10.1 Å². The minimum atomic E-state index is -4.40. The zero-order valence-electron chi connectivity index (χ0n) is 4.78. The molecule has 56 valence electrons. The van der Waals surface area contributed by atoms with E-state index in [9.17, 15) is 12.8 Å². The first-order valence-electron chi connectivity index (χ1n) is 2.21. The van der Waals surface area contributed by atoms with Crippen LogP contribution in [0.3, 0.4) is 0 Å². The monoisotopic (exact) mass is 157 g/mol. The van der Waals surface area contributed by atoms with E-state index in [0.29, 0.717) is 0 Å². The van der Waals surface area contributed by atoms with E-state index < -0.39 is 21.7 Å². The van der Waals surface area contributed by atoms with Gasteiger partial charge in [-0.1, -0.05) is 0 Å². The third kappa shape index (κ3) is 2.73. The average molecular weight is 157 g/mol. The molecule has 0 fully saturated rings. The molecule has 0 rings (SSSR count). The molecule has 0 aromatic carbocycles. The fourth-order valence-electron chi connectivity index (χ4n) is 0.237. The van der Waals surface area contributed by atoms with Crippen LogP contribution in [0.25, 0.3) is 0 Å². The molecule has 0 aliphatic heterocycles. The van der Waals surface area contributed by atoms with Gasteiger partial charge in [-0.25, -0.2) is 4.39 Å². The third-order valence-electron chi connectivity index (χ3n) is 0.797. The second-order valence-corrected chi connectivity index (χ2v) is 3.23. The van der Waals surface area contributed by atoms with Crippen LogP contribution in [0.15, 0.2) is 0 Å². The highest BCUT2D eigenvalue weighted by Gasteiger charge is 2.24. The Balaban J connectivity index is 4.24. The summed E-state index contributed by atoms with van der Waals surface area (Å²) in [6.45, 7) is 0.957. The second-order valence-electron chi connectivity index (χ2n) is 1.66. The Kier molecular flexibility index (Phi) is 2.53. The highest BCUT2D eigenvalue weighted by molar-refractivity contribution is 7.86. The number of halogens is 1. The van der Waals surface area contributed by atoms with Crippen LogP contribution >= 0.6 is 0 Å². The fourth-order valence-corrected chi connectivity index (χ4v) is 0.711. The van der Waals surface area contributed by atoms with Crippen molar-refractivity contribution in [2.45, 2.75) is 18.5 Å². The maximum atomic E-state index is 11.9. The first-order valence-corrected chi connectivity index (χ1v) is 3.72. The Labute approximate surface area is 52.6 Å². The van der Waals surface area contributed by atoms with Crippen molar-refractivity contribution in [1.29, 1.82) is 0 Å². The Morgan fingerprint density at radius 1 is 1.67 bits per heavy atom. The van der Waals surface area contributed by atoms with E-state index in [2.05, 4.69) is 5.73 Å². The third-order valence-corrected chi connectivity index (χ3v) is 1.86. The molecule has 3 N–H and O–H groups in total. The van der Waals surface area contributed by atoms with Crippen LogP contribution in [0.5, 0.6) is 0 Å². The van der Waals surface area contributed by atoms with Crippen LogP contribution < -0.4 is 5.73 Å². The number of hydrogen-bond donors (Lipinski definition) is 2. The summed E-state index contributed by atoms with van der Waals surface area (Å²) >= 11 is 0. The summed E-state index contributed by atoms with van der Waals surface area (Å²) in [6, 6.07) is 0. The molecule has 0 bridgehead atoms. The highest BCUT2D eigenvalue weighted by atomic mass is 32.2. The van der Waals surface area contributed by atoms with Crippen molar-refractivity contribution >= 4 is 10.1 Å². The first-order chi connectivity index (χ1) is 3.85. The summed E-state index contributed by atoms with van der Waals surface area (Å²) in [6.07, 6.45) is -1.75. The van der Waals surface area contributed by atoms with Crippen molar-refractivity contribution in [3.8, 4) is 0 Å². The van der Waals surface area contributed by atoms with Crippen molar-refractivity contribution in [3.63, 3.8) is 0 Å². The maximum Gasteiger partial charge on any atom is 0.283 e. The van der Waals surface area contributed by atoms with Gasteiger partial charge in [0.05, 0.1) is 0 Å². The number of nitrogens with two attached hydrogens (primary N) is 1. The summed E-state index contributed by atoms with van der Waals surface area (Å²) in [4.78, 5) is 0. The van der Waals surface area contributed by atoms with Gasteiger partial charge in [-0.3, -0.25) is 4.55 Å². The topological polar surface area (TPSA) is 80.4 Å². The molecular weight excluding hydrogens is 149 g/mol. The Morgan fingerprint density at radius 2 is 2.00 bits per heavy atom. The van der Waals surface area contributed by atoms with Crippen LogP contribution in [0.4, 0.5) is 4.39 Å². The van der Waals surface area contributed by atoms with Crippen molar-refractivity contribution in [2.24, 2.45) is 5.73 Å². The van der Waals surface area contributed by atoms with Gasteiger partial charge in [-0.05, 0) is 6.92 Å². The van der Waals surface area contributed by atoms with Crippen molar-refractivity contribution in [1.82, 2.24) is 0 Å². The van der Waals surface area contributed by atoms with Gasteiger partial charge >= 0.3 is 0 Å². The average Bonchev–Trinajstić information content (AvgIpc) is 1.62. The van der Waals surface area contributed by atoms with Gasteiger partial charge in [0.1, 0.15) is 6.17 Å². The lowest BCUT2D eigenvalue weighted by Gasteiger charge is -2.07. The molecule has 0 radical (unpaired) electrons. The smallest absolute Gasteiger partial charge is 0.283 e. The van der Waals surface area contributed by atoms with E-state index in [-0.39, 0.29) is 0 Å². The van der Waals surface area contributed by atoms with Crippen LogP contribution in [-0.4, -0.2) is 24.5 Å². The quantitative estimate of drug-likeness (QED) is 0.530. The molecule has 0 heterocycles. The van der Waals surface area contributed by atoms with Gasteiger partial charge in [-0.15, -0.1) is 0 Å². The number of alkyl halides is 1. The normalized spacial score (nSPS) is 19.1. The molecule has 0 aliphatic carbocycles. The zero-order valence-corrected chi connectivity index (χ0v) is 5.60. The summed E-state index contributed by atoms with van der Waals surface area (Å²) in [5, 5.41) is -1.82. The molecule has 0 saturated carbocycles. The minimum absolute atomic E-state index is 0.957. The second kappa shape index (κ2) is 2.59. The molecular formula is C3H8FNO3S. The molecule has 0 aliphatic rings. The molecule has 0 saturated heterocycles. The standard InChI is InChI=1S/C3H8FNO3S/c1-2(4)3(5)9(6,7)8/h2-3H,5H2,1H3,(H,6,7,8). The van der Waals surface area contributed by atoms with Gasteiger partial charge in [0, 0.05) is 0 Å². The van der Waals surface area contributed by atoms with E-state index in [0.717, 1.165) is 6.92 Å². The molecule has 0 aromatic heterocycles. The van der Waals surface area contributed by atoms with E-state index in [1.54, 1.807) is 0 Å². The Bertz CT molecular complexity index is 175. The zero-order chi connectivity index (χ0) is 7.65. The SMILES string of the molecule is CC(F)C(N)S(=O)(=O)O. The number of rotatable bonds is 2. The van der Waals surface area contributed by atoms with Crippen LogP contribution in [-0.2, 0) is 10.1 Å². The van der Waals surface area contributed by atoms with Crippen molar-refractivity contribution in [3.05, 3.63) is 0 Å². The van der Waals surface area contributed by atoms with Gasteiger partial charge < -0.3 is 5.73 Å². The van der Waals surface area contributed by atoms with Gasteiger partial charge in [-0.2, -0.15) is 8.42 Å². The largest absolute Gasteiger partial charge is 0.311 e. The Hall–Kier alpha value is -0.200. The minimum Gasteiger partial charge on any atom is -0.311 e. The lowest BCUT2D eigenvalue weighted by Crippen LogP contribution is -2.37. The molecule has 6 heteroatoms. The summed E-state index contributed by atoms with van der Waals surface area (Å²) in [5.41, 5.74) is 4.68. The van der Waals surface area contributed by atoms with Gasteiger partial charge in [0.2, 0.25) is 0 Å². The van der Waals surface area contributed by atoms with Gasteiger partial charge in [0.15, 0.2) is 5.37 Å². The predicted molar refractivity (Wildman–Crippen MR) is 30.1 cm³/mol. The summed E-state index contributed by atoms with van der Waals surface area (Å²) in [5.74, 6) is 0. The summed E-state index contributed by atoms with van der Waals surface area (Å²) in [7, 11) is -4.40. The van der Waals surface area contributed by atoms with E-state index in [1.807, 2.05) is 0 Å². The number of hydrogen-bond acceptors (Lipinski definition) is 3. The highest BCUT2D eigenvalue weighted by Crippen LogP contribution is 2.00. The van der Waals surface area contributed by atoms with Crippen molar-refractivity contribution in [2.75, 3.05) is 0 Å². The van der Waals surface area contributed by atoms with E-state index in [4.69, 9.17) is 4.55 Å². The molecule has 2 atom stereocenters. The molecule has 0 spiro atoms. The van der Waals surface area contributed by atoms with Crippen LogP contribution in [0.1, 0.15) is 6.92 Å². The maximum absolute atomic E-state index is 11.9. The van der Waals surface area contributed by atoms with Crippen LogP contribution in [0, 0.1) is 0 Å². The van der Waals surface area contributed by atoms with E-state index >= 15 is 0 Å². The molecule has 0 amide bonds. The summed E-state index contributed by atoms with van der Waals surface area (Å²) < 4.78 is 39.9. The molecule has 2 unspecified atom stereocenters. The lowest BCUT2D eigenvalue weighted by atomic mass is 10.4. The van der Waals surface area contributed by atoms with Crippen LogP contribution in [0.2, 0.25) is 0 Å². The first kappa shape index (κ1) is 8.80. The fraction of sp³-hybridized carbons (Fsp3) is 1.00. The lowest BCUT2D eigenvalue weighted by molar-refractivity contribution is 0.331. The molecule has 9 heavy (non-hydrogen) atoms. The molecule has 0 aromatic rings. The predicted octanol–water partition coefficient (Wildman–Crippen LogP) is -0.483. The van der Waals surface area contributed by atoms with Crippen molar-refractivity contribution < 1.29 is 17.4 Å². The van der Waals surface area contributed by atoms with E-state index in [1.165, 1.54) is 0 Å².